The van der Waals surface area contributed by atoms with Crippen LogP contribution in [0.5, 0.6) is 5.88 Å². The molecule has 0 aliphatic heterocycles. The summed E-state index contributed by atoms with van der Waals surface area (Å²) in [5.74, 6) is -3.83. The molecular weight excluding hydrogens is 493 g/mol. The van der Waals surface area contributed by atoms with Crippen LogP contribution in [0.15, 0.2) is 6.33 Å². The maximum Gasteiger partial charge on any atom is 0.323 e. The Hall–Kier alpha value is -2.45. The highest BCUT2D eigenvalue weighted by Gasteiger charge is 2.41. The van der Waals surface area contributed by atoms with E-state index < -0.39 is 51.7 Å². The third-order valence-electron chi connectivity index (χ3n) is 4.53. The lowest BCUT2D eigenvalue weighted by Gasteiger charge is -2.31. The number of rotatable bonds is 14. The second kappa shape index (κ2) is 12.5. The largest absolute Gasteiger partial charge is 0.476 e. The number of halogens is 2. The molecule has 0 amide bonds. The van der Waals surface area contributed by atoms with Crippen LogP contribution in [0.4, 0.5) is 14.7 Å². The highest BCUT2D eigenvalue weighted by atomic mass is 31.1. The van der Waals surface area contributed by atoms with Gasteiger partial charge in [0.05, 0.1) is 19.0 Å². The summed E-state index contributed by atoms with van der Waals surface area (Å²) in [6.07, 6.45) is -2.76. The molecule has 0 bridgehead atoms. The molecule has 0 radical (unpaired) electrons. The van der Waals surface area contributed by atoms with Crippen LogP contribution in [-0.4, -0.2) is 74.6 Å². The normalized spacial score (nSPS) is 17.1. The molecule has 16 heteroatoms. The highest BCUT2D eigenvalue weighted by molar-refractivity contribution is 7.36. The summed E-state index contributed by atoms with van der Waals surface area (Å²) < 4.78 is 63.3. The van der Waals surface area contributed by atoms with Crippen LogP contribution in [-0.2, 0) is 23.4 Å². The number of fused-ring (bicyclic) bond motifs is 1. The van der Waals surface area contributed by atoms with Crippen LogP contribution in [0, 0.1) is 0 Å². The van der Waals surface area contributed by atoms with Crippen molar-refractivity contribution in [3.8, 4) is 5.88 Å². The van der Waals surface area contributed by atoms with Crippen LogP contribution >= 0.6 is 8.18 Å². The molecule has 1 unspecified atom stereocenters. The van der Waals surface area contributed by atoms with Crippen molar-refractivity contribution in [1.29, 1.82) is 0 Å². The molecule has 0 saturated heterocycles. The van der Waals surface area contributed by atoms with Gasteiger partial charge in [0.25, 0.3) is 14.0 Å². The highest BCUT2D eigenvalue weighted by Crippen LogP contribution is 2.32. The van der Waals surface area contributed by atoms with E-state index >= 15 is 4.39 Å². The number of aromatic nitrogens is 4. The first-order valence-corrected chi connectivity index (χ1v) is 12.1. The molecule has 13 nitrogen and oxygen atoms in total. The van der Waals surface area contributed by atoms with E-state index in [0.717, 1.165) is 17.8 Å². The van der Waals surface area contributed by atoms with Gasteiger partial charge in [-0.05, 0) is 34.6 Å². The van der Waals surface area contributed by atoms with Gasteiger partial charge in [0.15, 0.2) is 17.4 Å². The number of imidazole rings is 1. The maximum atomic E-state index is 15.5. The van der Waals surface area contributed by atoms with Crippen molar-refractivity contribution < 1.29 is 42.0 Å². The average molecular weight is 524 g/mol. The van der Waals surface area contributed by atoms with Gasteiger partial charge in [0, 0.05) is 0 Å². The number of aliphatic hydroxyl groups is 1. The number of alkyl halides is 2. The molecule has 2 heterocycles. The van der Waals surface area contributed by atoms with Crippen molar-refractivity contribution in [3.05, 3.63) is 6.33 Å². The van der Waals surface area contributed by atoms with Gasteiger partial charge in [-0.1, -0.05) is 0 Å². The maximum absolute atomic E-state index is 15.5. The van der Waals surface area contributed by atoms with Crippen molar-refractivity contribution in [2.24, 2.45) is 0 Å². The zero-order valence-corrected chi connectivity index (χ0v) is 21.0. The number of ether oxygens (including phenoxy) is 3. The lowest BCUT2D eigenvalue weighted by molar-refractivity contribution is -0.258. The fourth-order valence-electron chi connectivity index (χ4n) is 2.77. The van der Waals surface area contributed by atoms with Crippen LogP contribution in [0.1, 0.15) is 40.8 Å². The number of nitrogens with one attached hydrogen (secondary N) is 1. The number of aliphatic hydroxyl groups excluding tert-OH is 1. The van der Waals surface area contributed by atoms with Gasteiger partial charge in [-0.3, -0.25) is 13.9 Å². The van der Waals surface area contributed by atoms with Crippen LogP contribution < -0.4 is 15.6 Å². The van der Waals surface area contributed by atoms with Gasteiger partial charge in [-0.25, -0.2) is 18.9 Å². The molecule has 198 valence electrons. The molecule has 0 saturated carbocycles. The summed E-state index contributed by atoms with van der Waals surface area (Å²) in [6, 6.07) is -1.01. The quantitative estimate of drug-likeness (QED) is 0.241. The number of nitrogens with two attached hydrogens (primary N) is 1. The van der Waals surface area contributed by atoms with E-state index in [1.807, 2.05) is 0 Å². The molecular formula is C19H31F2N6O7P. The first-order chi connectivity index (χ1) is 16.4. The summed E-state index contributed by atoms with van der Waals surface area (Å²) in [5.41, 5.74) is 5.83. The van der Waals surface area contributed by atoms with Gasteiger partial charge >= 0.3 is 5.97 Å². The molecule has 0 aliphatic rings. The molecule has 4 N–H and O–H groups in total. The predicted molar refractivity (Wildman–Crippen MR) is 121 cm³/mol. The van der Waals surface area contributed by atoms with Crippen molar-refractivity contribution in [2.45, 2.75) is 65.0 Å². The van der Waals surface area contributed by atoms with Crippen molar-refractivity contribution in [2.75, 3.05) is 25.6 Å². The summed E-state index contributed by atoms with van der Waals surface area (Å²) in [4.78, 5) is 23.8. The zero-order valence-electron chi connectivity index (χ0n) is 20.0. The number of carbonyl (C=O) groups excluding carboxylic acids is 1. The fraction of sp³-hybridized carbons (Fsp3) is 0.684. The number of anilines is 1. The summed E-state index contributed by atoms with van der Waals surface area (Å²) in [6.45, 7) is 5.37. The van der Waals surface area contributed by atoms with E-state index in [2.05, 4.69) is 20.0 Å². The Labute approximate surface area is 201 Å². The molecule has 0 aliphatic carbocycles. The van der Waals surface area contributed by atoms with Gasteiger partial charge in [-0.2, -0.15) is 9.97 Å². The first-order valence-electron chi connectivity index (χ1n) is 10.8. The van der Waals surface area contributed by atoms with Gasteiger partial charge in [-0.15, -0.1) is 0 Å². The van der Waals surface area contributed by atoms with Crippen molar-refractivity contribution in [3.63, 3.8) is 0 Å². The van der Waals surface area contributed by atoms with Crippen molar-refractivity contribution >= 4 is 31.3 Å². The second-order valence-corrected chi connectivity index (χ2v) is 8.91. The lowest BCUT2D eigenvalue weighted by Crippen LogP contribution is -2.45. The third-order valence-corrected chi connectivity index (χ3v) is 5.60. The van der Waals surface area contributed by atoms with E-state index in [-0.39, 0.29) is 35.7 Å². The van der Waals surface area contributed by atoms with Crippen LogP contribution in [0.3, 0.4) is 0 Å². The smallest absolute Gasteiger partial charge is 0.323 e. The summed E-state index contributed by atoms with van der Waals surface area (Å²) in [7, 11) is -3.18. The number of nitrogens with zero attached hydrogens (tertiary/aromatic N) is 4. The van der Waals surface area contributed by atoms with E-state index in [4.69, 9.17) is 24.5 Å². The number of hydrogen-bond donors (Lipinski definition) is 3. The molecule has 0 fully saturated rings. The standard InChI is InChI=1S/C19H31F2N6O7P/c1-6-31-16-14-15(24-18(22)25-16)27(9-23-14)13(7-20)34-19(21,12(5)28)8-32-35(30)26-11(4)17(29)33-10(2)3/h9-13,28,35H,6-8H2,1-5H3,(H,26,30)(H2,22,24,25)/t11-,12-,13+,19+/m0/s1. The number of carbonyl (C=O) groups is 1. The topological polar surface area (TPSA) is 173 Å². The third kappa shape index (κ3) is 7.51. The van der Waals surface area contributed by atoms with E-state index in [9.17, 15) is 18.9 Å². The predicted octanol–water partition coefficient (Wildman–Crippen LogP) is 1.67. The zero-order chi connectivity index (χ0) is 26.3. The second-order valence-electron chi connectivity index (χ2n) is 7.76. The summed E-state index contributed by atoms with van der Waals surface area (Å²) >= 11 is 0. The summed E-state index contributed by atoms with van der Waals surface area (Å²) in [5, 5.41) is 12.3. The van der Waals surface area contributed by atoms with Gasteiger partial charge in [0.2, 0.25) is 11.8 Å². The van der Waals surface area contributed by atoms with Gasteiger partial charge in [0.1, 0.15) is 25.4 Å². The van der Waals surface area contributed by atoms with Crippen LogP contribution in [0.25, 0.3) is 11.2 Å². The monoisotopic (exact) mass is 524 g/mol. The fourth-order valence-corrected chi connectivity index (χ4v) is 3.65. The number of hydrogen-bond acceptors (Lipinski definition) is 11. The Morgan fingerprint density at radius 2 is 2.03 bits per heavy atom. The van der Waals surface area contributed by atoms with Crippen molar-refractivity contribution in [1.82, 2.24) is 24.6 Å². The van der Waals surface area contributed by atoms with Crippen LogP contribution in [0.2, 0.25) is 0 Å². The minimum atomic E-state index is -3.18. The Kier molecular flexibility index (Phi) is 10.3. The van der Waals surface area contributed by atoms with Gasteiger partial charge < -0.3 is 29.6 Å². The molecule has 35 heavy (non-hydrogen) atoms. The average Bonchev–Trinajstić information content (AvgIpc) is 3.19. The molecule has 0 aromatic carbocycles. The Bertz CT molecular complexity index is 1030. The minimum Gasteiger partial charge on any atom is -0.476 e. The van der Waals surface area contributed by atoms with E-state index in [1.54, 1.807) is 20.8 Å². The molecule has 2 aromatic heterocycles. The molecule has 2 rings (SSSR count). The number of esters is 1. The first kappa shape index (κ1) is 28.8. The molecule has 2 aromatic rings. The Balaban J connectivity index is 2.17. The Morgan fingerprint density at radius 3 is 2.60 bits per heavy atom. The number of nitrogen functional groups attached to an aromatic ring is 1. The minimum absolute atomic E-state index is 0.00481. The Morgan fingerprint density at radius 1 is 1.34 bits per heavy atom. The SMILES string of the molecule is CCOc1nc(N)nc2c1ncn2[C@@H](CF)O[C@](F)(CO[PH](=O)N[C@@H](C)C(=O)OC(C)C)[C@H](C)O. The van der Waals surface area contributed by atoms with E-state index in [1.165, 1.54) is 6.92 Å². The molecule has 0 spiro atoms. The molecule has 5 atom stereocenters. The lowest BCUT2D eigenvalue weighted by atomic mass is 10.2. The van der Waals surface area contributed by atoms with E-state index in [0.29, 0.717) is 0 Å².